The smallest absolute Gasteiger partial charge is 0.224 e. The van der Waals surface area contributed by atoms with Gasteiger partial charge < -0.3 is 10.6 Å². The Balaban J connectivity index is 2.15. The van der Waals surface area contributed by atoms with Gasteiger partial charge in [-0.05, 0) is 31.4 Å². The summed E-state index contributed by atoms with van der Waals surface area (Å²) in [6.07, 6.45) is 3.28. The summed E-state index contributed by atoms with van der Waals surface area (Å²) in [4.78, 5) is 8.97. The van der Waals surface area contributed by atoms with Crippen molar-refractivity contribution in [2.75, 3.05) is 17.2 Å². The Hall–Kier alpha value is -2.10. The van der Waals surface area contributed by atoms with Crippen molar-refractivity contribution in [3.05, 3.63) is 41.6 Å². The van der Waals surface area contributed by atoms with E-state index in [-0.39, 0.29) is 0 Å². The van der Waals surface area contributed by atoms with Crippen LogP contribution < -0.4 is 10.6 Å². The van der Waals surface area contributed by atoms with Crippen molar-refractivity contribution in [2.45, 2.75) is 40.0 Å². The number of aromatic nitrogens is 2. The van der Waals surface area contributed by atoms with Crippen LogP contribution in [-0.4, -0.2) is 16.5 Å². The Morgan fingerprint density at radius 1 is 1.10 bits per heavy atom. The molecule has 21 heavy (non-hydrogen) atoms. The number of para-hydroxylation sites is 1. The van der Waals surface area contributed by atoms with Crippen molar-refractivity contribution in [3.63, 3.8) is 0 Å². The van der Waals surface area contributed by atoms with Gasteiger partial charge in [-0.15, -0.1) is 0 Å². The first-order valence-corrected chi connectivity index (χ1v) is 7.67. The zero-order chi connectivity index (χ0) is 15.1. The summed E-state index contributed by atoms with van der Waals surface area (Å²) in [5.41, 5.74) is 3.35. The van der Waals surface area contributed by atoms with Gasteiger partial charge in [-0.1, -0.05) is 38.5 Å². The maximum absolute atomic E-state index is 4.54. The minimum absolute atomic E-state index is 0.694. The largest absolute Gasteiger partial charge is 0.354 e. The third-order valence-corrected chi connectivity index (χ3v) is 3.33. The second kappa shape index (κ2) is 7.62. The summed E-state index contributed by atoms with van der Waals surface area (Å²) in [5.74, 6) is 1.53. The monoisotopic (exact) mass is 284 g/mol. The predicted octanol–water partition coefficient (Wildman–Crippen LogP) is 4.30. The van der Waals surface area contributed by atoms with E-state index in [1.807, 2.05) is 19.1 Å². The lowest BCUT2D eigenvalue weighted by atomic mass is 10.1. The normalized spacial score (nSPS) is 10.4. The number of nitrogens with one attached hydrogen (secondary N) is 2. The number of nitrogens with zero attached hydrogens (tertiary/aromatic N) is 2. The molecule has 112 valence electrons. The number of hydrogen-bond acceptors (Lipinski definition) is 4. The molecule has 0 aliphatic heterocycles. The van der Waals surface area contributed by atoms with Crippen molar-refractivity contribution in [1.29, 1.82) is 0 Å². The molecule has 4 heteroatoms. The SMILES string of the molecule is CCCCNc1nc(C)cc(Nc2ccccc2CC)n1. The van der Waals surface area contributed by atoms with Gasteiger partial charge in [0, 0.05) is 24.0 Å². The Labute approximate surface area is 127 Å². The second-order valence-electron chi connectivity index (χ2n) is 5.13. The van der Waals surface area contributed by atoms with Gasteiger partial charge in [-0.25, -0.2) is 4.98 Å². The van der Waals surface area contributed by atoms with Crippen molar-refractivity contribution in [1.82, 2.24) is 9.97 Å². The van der Waals surface area contributed by atoms with Crippen LogP contribution in [-0.2, 0) is 6.42 Å². The van der Waals surface area contributed by atoms with Crippen LogP contribution in [0.15, 0.2) is 30.3 Å². The third kappa shape index (κ3) is 4.45. The van der Waals surface area contributed by atoms with Crippen molar-refractivity contribution in [2.24, 2.45) is 0 Å². The molecule has 0 saturated carbocycles. The molecule has 4 nitrogen and oxygen atoms in total. The average Bonchev–Trinajstić information content (AvgIpc) is 2.47. The van der Waals surface area contributed by atoms with Crippen LogP contribution in [0.4, 0.5) is 17.5 Å². The molecule has 2 aromatic rings. The van der Waals surface area contributed by atoms with Crippen LogP contribution in [0.3, 0.4) is 0 Å². The summed E-state index contributed by atoms with van der Waals surface area (Å²) in [7, 11) is 0. The molecule has 0 unspecified atom stereocenters. The number of rotatable bonds is 7. The van der Waals surface area contributed by atoms with Crippen molar-refractivity contribution >= 4 is 17.5 Å². The molecule has 0 saturated heterocycles. The molecule has 2 N–H and O–H groups in total. The fourth-order valence-electron chi connectivity index (χ4n) is 2.18. The van der Waals surface area contributed by atoms with E-state index in [1.54, 1.807) is 0 Å². The molecule has 0 aliphatic carbocycles. The highest BCUT2D eigenvalue weighted by molar-refractivity contribution is 5.61. The highest BCUT2D eigenvalue weighted by Gasteiger charge is 2.04. The first-order chi connectivity index (χ1) is 10.2. The summed E-state index contributed by atoms with van der Waals surface area (Å²) in [6.45, 7) is 7.23. The van der Waals surface area contributed by atoms with Gasteiger partial charge in [-0.3, -0.25) is 0 Å². The van der Waals surface area contributed by atoms with Crippen LogP contribution >= 0.6 is 0 Å². The Bertz CT molecular complexity index is 581. The van der Waals surface area contributed by atoms with Crippen LogP contribution in [0, 0.1) is 6.92 Å². The fraction of sp³-hybridized carbons (Fsp3) is 0.412. The van der Waals surface area contributed by atoms with E-state index in [4.69, 9.17) is 0 Å². The molecule has 0 aliphatic rings. The second-order valence-corrected chi connectivity index (χ2v) is 5.13. The molecule has 1 heterocycles. The number of aryl methyl sites for hydroxylation is 2. The summed E-state index contributed by atoms with van der Waals surface area (Å²) < 4.78 is 0. The van der Waals surface area contributed by atoms with Crippen LogP contribution in [0.1, 0.15) is 37.9 Å². The van der Waals surface area contributed by atoms with E-state index >= 15 is 0 Å². The van der Waals surface area contributed by atoms with Gasteiger partial charge in [-0.2, -0.15) is 4.98 Å². The topological polar surface area (TPSA) is 49.8 Å². The number of unbranched alkanes of at least 4 members (excludes halogenated alkanes) is 1. The maximum atomic E-state index is 4.54. The molecule has 2 rings (SSSR count). The van der Waals surface area contributed by atoms with Gasteiger partial charge in [0.15, 0.2) is 0 Å². The van der Waals surface area contributed by atoms with E-state index in [2.05, 4.69) is 52.6 Å². The minimum atomic E-state index is 0.694. The van der Waals surface area contributed by atoms with E-state index < -0.39 is 0 Å². The third-order valence-electron chi connectivity index (χ3n) is 3.33. The lowest BCUT2D eigenvalue weighted by Crippen LogP contribution is -2.07. The van der Waals surface area contributed by atoms with E-state index in [9.17, 15) is 0 Å². The molecule has 0 amide bonds. The quantitative estimate of drug-likeness (QED) is 0.744. The fourth-order valence-corrected chi connectivity index (χ4v) is 2.18. The lowest BCUT2D eigenvalue weighted by molar-refractivity contribution is 0.825. The van der Waals surface area contributed by atoms with Gasteiger partial charge >= 0.3 is 0 Å². The van der Waals surface area contributed by atoms with Gasteiger partial charge in [0.2, 0.25) is 5.95 Å². The molecule has 1 aromatic heterocycles. The molecule has 0 bridgehead atoms. The average molecular weight is 284 g/mol. The Morgan fingerprint density at radius 3 is 2.67 bits per heavy atom. The highest BCUT2D eigenvalue weighted by atomic mass is 15.1. The standard InChI is InChI=1S/C17H24N4/c1-4-6-11-18-17-19-13(3)12-16(21-17)20-15-10-8-7-9-14(15)5-2/h7-10,12H,4-6,11H2,1-3H3,(H2,18,19,20,21). The van der Waals surface area contributed by atoms with E-state index in [0.717, 1.165) is 43.0 Å². The van der Waals surface area contributed by atoms with Crippen LogP contribution in [0.25, 0.3) is 0 Å². The van der Waals surface area contributed by atoms with Gasteiger partial charge in [0.25, 0.3) is 0 Å². The molecular formula is C17H24N4. The summed E-state index contributed by atoms with van der Waals surface area (Å²) in [6, 6.07) is 10.3. The molecule has 1 aromatic carbocycles. The molecule has 0 spiro atoms. The number of anilines is 3. The van der Waals surface area contributed by atoms with Gasteiger partial charge in [0.05, 0.1) is 0 Å². The van der Waals surface area contributed by atoms with Crippen LogP contribution in [0.2, 0.25) is 0 Å². The lowest BCUT2D eigenvalue weighted by Gasteiger charge is -2.12. The van der Waals surface area contributed by atoms with E-state index in [0.29, 0.717) is 5.95 Å². The number of benzene rings is 1. The van der Waals surface area contributed by atoms with Crippen LogP contribution in [0.5, 0.6) is 0 Å². The maximum Gasteiger partial charge on any atom is 0.224 e. The summed E-state index contributed by atoms with van der Waals surface area (Å²) >= 11 is 0. The zero-order valence-electron chi connectivity index (χ0n) is 13.1. The van der Waals surface area contributed by atoms with Crippen molar-refractivity contribution in [3.8, 4) is 0 Å². The molecule has 0 atom stereocenters. The summed E-state index contributed by atoms with van der Waals surface area (Å²) in [5, 5.41) is 6.68. The van der Waals surface area contributed by atoms with Crippen molar-refractivity contribution < 1.29 is 0 Å². The first kappa shape index (κ1) is 15.3. The van der Waals surface area contributed by atoms with E-state index in [1.165, 1.54) is 5.56 Å². The molecule has 0 fully saturated rings. The first-order valence-electron chi connectivity index (χ1n) is 7.67. The highest BCUT2D eigenvalue weighted by Crippen LogP contribution is 2.21. The minimum Gasteiger partial charge on any atom is -0.354 e. The number of hydrogen-bond donors (Lipinski definition) is 2. The molecular weight excluding hydrogens is 260 g/mol. The zero-order valence-corrected chi connectivity index (χ0v) is 13.1. The Morgan fingerprint density at radius 2 is 1.90 bits per heavy atom. The predicted molar refractivity (Wildman–Crippen MR) is 89.3 cm³/mol. The molecule has 0 radical (unpaired) electrons. The van der Waals surface area contributed by atoms with Gasteiger partial charge in [0.1, 0.15) is 5.82 Å². The Kier molecular flexibility index (Phi) is 5.55.